The fourth-order valence-electron chi connectivity index (χ4n) is 4.65. The number of methoxy groups -OCH3 is 1. The molecule has 9 nitrogen and oxygen atoms in total. The van der Waals surface area contributed by atoms with Crippen LogP contribution in [0.4, 0.5) is 0 Å². The number of carbonyl (C=O) groups excluding carboxylic acids is 2. The Morgan fingerprint density at radius 1 is 1.22 bits per heavy atom. The highest BCUT2D eigenvalue weighted by Crippen LogP contribution is 2.41. The number of hydrogen-bond donors (Lipinski definition) is 3. The molecule has 0 radical (unpaired) electrons. The summed E-state index contributed by atoms with van der Waals surface area (Å²) < 4.78 is 7.30. The van der Waals surface area contributed by atoms with Crippen molar-refractivity contribution in [3.63, 3.8) is 0 Å². The monoisotopic (exact) mass is 439 g/mol. The smallest absolute Gasteiger partial charge is 0.290 e. The summed E-state index contributed by atoms with van der Waals surface area (Å²) in [6, 6.07) is 6.36. The largest absolute Gasteiger partial charge is 0.503 e. The summed E-state index contributed by atoms with van der Waals surface area (Å²) in [5.74, 6) is -0.988. The van der Waals surface area contributed by atoms with Crippen LogP contribution in [0.25, 0.3) is 0 Å². The number of aryl methyl sites for hydroxylation is 1. The fourth-order valence-corrected chi connectivity index (χ4v) is 4.65. The third-order valence-electron chi connectivity index (χ3n) is 6.27. The van der Waals surface area contributed by atoms with E-state index in [1.54, 1.807) is 24.5 Å². The molecule has 2 aromatic rings. The van der Waals surface area contributed by atoms with E-state index >= 15 is 0 Å². The molecule has 3 unspecified atom stereocenters. The van der Waals surface area contributed by atoms with Crippen LogP contribution in [0.2, 0.25) is 0 Å². The van der Waals surface area contributed by atoms with E-state index in [1.165, 1.54) is 0 Å². The Morgan fingerprint density at radius 2 is 1.97 bits per heavy atom. The van der Waals surface area contributed by atoms with Gasteiger partial charge in [-0.3, -0.25) is 20.4 Å². The quantitative estimate of drug-likeness (QED) is 0.575. The minimum atomic E-state index is -0.673. The maximum Gasteiger partial charge on any atom is 0.290 e. The van der Waals surface area contributed by atoms with Crippen LogP contribution in [0.1, 0.15) is 31.9 Å². The number of benzene rings is 1. The summed E-state index contributed by atoms with van der Waals surface area (Å²) >= 11 is 0. The number of amides is 1. The summed E-state index contributed by atoms with van der Waals surface area (Å²) in [6.45, 7) is 4.88. The molecule has 1 fully saturated rings. The summed E-state index contributed by atoms with van der Waals surface area (Å²) in [5, 5.41) is 10.9. The van der Waals surface area contributed by atoms with Gasteiger partial charge in [-0.05, 0) is 38.0 Å². The Morgan fingerprint density at radius 3 is 2.62 bits per heavy atom. The number of hydrogen-bond acceptors (Lipinski definition) is 7. The molecule has 2 aliphatic heterocycles. The Bertz CT molecular complexity index is 1010. The molecular weight excluding hydrogens is 410 g/mol. The van der Waals surface area contributed by atoms with E-state index in [1.807, 2.05) is 48.9 Å². The van der Waals surface area contributed by atoms with Crippen molar-refractivity contribution in [1.82, 2.24) is 25.3 Å². The number of nitrogens with one attached hydrogen (secondary N) is 2. The Kier molecular flexibility index (Phi) is 6.29. The lowest BCUT2D eigenvalue weighted by atomic mass is 9.84. The molecule has 170 valence electrons. The van der Waals surface area contributed by atoms with Gasteiger partial charge in [-0.1, -0.05) is 12.1 Å². The Hall–Kier alpha value is -3.17. The molecule has 3 heterocycles. The third-order valence-corrected chi connectivity index (χ3v) is 6.27. The standard InChI is InChI=1S/C23H29N5O4/c1-14-18(15(2)26-25-14)21(29)19-20(16-6-4-7-17(12-16)32-3)28(23(31)22(19)30)10-5-9-27-11-8-24-13-27/h4,6-8,11-15,18,20,25-26,30H,5,9-10H2,1-3H3. The maximum atomic E-state index is 13.6. The molecule has 3 atom stereocenters. The molecule has 0 saturated carbocycles. The van der Waals surface area contributed by atoms with Crippen LogP contribution in [0, 0.1) is 5.92 Å². The van der Waals surface area contributed by atoms with E-state index in [-0.39, 0.29) is 23.4 Å². The molecule has 0 bridgehead atoms. The molecule has 9 heteroatoms. The molecule has 1 aromatic carbocycles. The van der Waals surface area contributed by atoms with Crippen LogP contribution < -0.4 is 15.6 Å². The average Bonchev–Trinajstić information content (AvgIpc) is 3.49. The van der Waals surface area contributed by atoms with Crippen molar-refractivity contribution in [2.45, 2.75) is 44.9 Å². The number of rotatable bonds is 8. The van der Waals surface area contributed by atoms with Crippen molar-refractivity contribution in [2.24, 2.45) is 5.92 Å². The predicted octanol–water partition coefficient (Wildman–Crippen LogP) is 1.75. The van der Waals surface area contributed by atoms with Gasteiger partial charge < -0.3 is 19.3 Å². The number of imidazole rings is 1. The van der Waals surface area contributed by atoms with E-state index in [0.717, 1.165) is 5.56 Å². The van der Waals surface area contributed by atoms with Crippen LogP contribution in [0.3, 0.4) is 0 Å². The Balaban J connectivity index is 1.67. The van der Waals surface area contributed by atoms with Gasteiger partial charge in [-0.2, -0.15) is 0 Å². The van der Waals surface area contributed by atoms with Crippen molar-refractivity contribution in [1.29, 1.82) is 0 Å². The van der Waals surface area contributed by atoms with Crippen LogP contribution in [0.15, 0.2) is 54.3 Å². The summed E-state index contributed by atoms with van der Waals surface area (Å²) in [6.07, 6.45) is 5.94. The maximum absolute atomic E-state index is 13.6. The topological polar surface area (TPSA) is 109 Å². The first-order chi connectivity index (χ1) is 15.4. The normalized spacial score (nSPS) is 25.6. The number of carbonyl (C=O) groups is 2. The molecule has 1 amide bonds. The lowest BCUT2D eigenvalue weighted by molar-refractivity contribution is -0.129. The molecule has 1 saturated heterocycles. The molecule has 0 spiro atoms. The van der Waals surface area contributed by atoms with Gasteiger partial charge in [-0.25, -0.2) is 4.98 Å². The highest BCUT2D eigenvalue weighted by molar-refractivity contribution is 6.10. The number of ether oxygens (including phenoxy) is 1. The summed E-state index contributed by atoms with van der Waals surface area (Å²) in [5.41, 5.74) is 7.04. The molecule has 3 N–H and O–H groups in total. The Labute approximate surface area is 187 Å². The zero-order valence-electron chi connectivity index (χ0n) is 18.5. The highest BCUT2D eigenvalue weighted by Gasteiger charge is 2.47. The van der Waals surface area contributed by atoms with E-state index in [9.17, 15) is 14.7 Å². The van der Waals surface area contributed by atoms with Crippen LogP contribution in [-0.2, 0) is 16.1 Å². The van der Waals surface area contributed by atoms with Crippen molar-refractivity contribution < 1.29 is 19.4 Å². The second kappa shape index (κ2) is 9.13. The third kappa shape index (κ3) is 4.01. The zero-order valence-corrected chi connectivity index (χ0v) is 18.5. The molecular formula is C23H29N5O4. The first-order valence-electron chi connectivity index (χ1n) is 10.8. The van der Waals surface area contributed by atoms with Crippen molar-refractivity contribution in [3.8, 4) is 5.75 Å². The number of aromatic nitrogens is 2. The number of aliphatic hydroxyl groups is 1. The molecule has 4 rings (SSSR count). The van der Waals surface area contributed by atoms with Gasteiger partial charge in [0.05, 0.1) is 31.0 Å². The van der Waals surface area contributed by atoms with E-state index in [2.05, 4.69) is 15.8 Å². The van der Waals surface area contributed by atoms with E-state index in [4.69, 9.17) is 4.74 Å². The highest BCUT2D eigenvalue weighted by atomic mass is 16.5. The number of Topliss-reactive ketones (excluding diaryl/α,β-unsaturated/α-hetero) is 1. The number of aliphatic hydroxyl groups excluding tert-OH is 1. The minimum Gasteiger partial charge on any atom is -0.503 e. The van der Waals surface area contributed by atoms with Crippen molar-refractivity contribution >= 4 is 11.7 Å². The van der Waals surface area contributed by atoms with Gasteiger partial charge in [0, 0.05) is 37.6 Å². The van der Waals surface area contributed by atoms with Gasteiger partial charge in [0.15, 0.2) is 11.5 Å². The average molecular weight is 440 g/mol. The van der Waals surface area contributed by atoms with Crippen molar-refractivity contribution in [2.75, 3.05) is 13.7 Å². The van der Waals surface area contributed by atoms with E-state index < -0.39 is 23.6 Å². The van der Waals surface area contributed by atoms with E-state index in [0.29, 0.717) is 25.3 Å². The second-order valence-corrected chi connectivity index (χ2v) is 8.35. The first kappa shape index (κ1) is 22.0. The predicted molar refractivity (Wildman–Crippen MR) is 118 cm³/mol. The summed E-state index contributed by atoms with van der Waals surface area (Å²) in [7, 11) is 1.57. The zero-order chi connectivity index (χ0) is 22.8. The van der Waals surface area contributed by atoms with Gasteiger partial charge in [0.1, 0.15) is 5.75 Å². The van der Waals surface area contributed by atoms with Gasteiger partial charge in [0.2, 0.25) is 0 Å². The second-order valence-electron chi connectivity index (χ2n) is 8.35. The lowest BCUT2D eigenvalue weighted by Gasteiger charge is -2.28. The van der Waals surface area contributed by atoms with Gasteiger partial charge in [-0.15, -0.1) is 0 Å². The summed E-state index contributed by atoms with van der Waals surface area (Å²) in [4.78, 5) is 32.4. The number of ketones is 1. The first-order valence-corrected chi connectivity index (χ1v) is 10.8. The van der Waals surface area contributed by atoms with Crippen LogP contribution >= 0.6 is 0 Å². The molecule has 32 heavy (non-hydrogen) atoms. The molecule has 2 aliphatic rings. The number of hydrazine groups is 1. The minimum absolute atomic E-state index is 0.130. The van der Waals surface area contributed by atoms with Crippen molar-refractivity contribution in [3.05, 3.63) is 59.9 Å². The van der Waals surface area contributed by atoms with Gasteiger partial charge >= 0.3 is 0 Å². The van der Waals surface area contributed by atoms with Crippen LogP contribution in [-0.4, -0.2) is 57.0 Å². The SMILES string of the molecule is COc1cccc(C2C(C(=O)C3C(C)NNC3C)=C(O)C(=O)N2CCCn2ccnc2)c1. The molecule has 0 aliphatic carbocycles. The number of nitrogens with zero attached hydrogens (tertiary/aromatic N) is 3. The van der Waals surface area contributed by atoms with Gasteiger partial charge in [0.25, 0.3) is 5.91 Å². The lowest BCUT2D eigenvalue weighted by Crippen LogP contribution is -2.36. The van der Waals surface area contributed by atoms with Crippen LogP contribution in [0.5, 0.6) is 5.75 Å². The molecule has 1 aromatic heterocycles. The fraction of sp³-hybridized carbons (Fsp3) is 0.435.